The highest BCUT2D eigenvalue weighted by Crippen LogP contribution is 2.36. The van der Waals surface area contributed by atoms with Crippen molar-refractivity contribution in [3.63, 3.8) is 0 Å². The third-order valence-corrected chi connectivity index (χ3v) is 5.01. The van der Waals surface area contributed by atoms with Crippen LogP contribution in [-0.2, 0) is 9.59 Å². The topological polar surface area (TPSA) is 79.9 Å². The zero-order chi connectivity index (χ0) is 17.9. The maximum Gasteiger partial charge on any atom is 0.239 e. The van der Waals surface area contributed by atoms with Crippen LogP contribution in [-0.4, -0.2) is 51.2 Å². The lowest BCUT2D eigenvalue weighted by Gasteiger charge is -2.22. The smallest absolute Gasteiger partial charge is 0.239 e. The van der Waals surface area contributed by atoms with Crippen LogP contribution in [0.3, 0.4) is 0 Å². The van der Waals surface area contributed by atoms with Crippen LogP contribution in [0.2, 0.25) is 0 Å². The van der Waals surface area contributed by atoms with Gasteiger partial charge in [0.2, 0.25) is 11.8 Å². The molecule has 3 heterocycles. The van der Waals surface area contributed by atoms with E-state index in [1.165, 1.54) is 5.57 Å². The van der Waals surface area contributed by atoms with Crippen LogP contribution in [0.5, 0.6) is 11.5 Å². The first-order chi connectivity index (χ1) is 12.7. The number of carbonyl (C=O) groups excluding carboxylic acids is 2. The number of benzene rings is 1. The molecule has 1 fully saturated rings. The molecule has 26 heavy (non-hydrogen) atoms. The van der Waals surface area contributed by atoms with Crippen LogP contribution < -0.4 is 25.0 Å². The number of carbonyl (C=O) groups is 2. The third kappa shape index (κ3) is 3.39. The van der Waals surface area contributed by atoms with Gasteiger partial charge in [-0.25, -0.2) is 0 Å². The molecule has 0 saturated carbocycles. The molecule has 2 amide bonds. The number of rotatable bonds is 4. The molecule has 1 aromatic carbocycles. The minimum absolute atomic E-state index is 0.154. The molecule has 0 radical (unpaired) electrons. The van der Waals surface area contributed by atoms with Gasteiger partial charge in [-0.05, 0) is 31.5 Å². The third-order valence-electron chi connectivity index (χ3n) is 5.01. The number of fused-ring (bicyclic) bond motifs is 1. The zero-order valence-corrected chi connectivity index (χ0v) is 14.6. The van der Waals surface area contributed by atoms with E-state index >= 15 is 0 Å². The van der Waals surface area contributed by atoms with Crippen LogP contribution >= 0.6 is 0 Å². The van der Waals surface area contributed by atoms with E-state index in [1.54, 1.807) is 4.90 Å². The average Bonchev–Trinajstić information content (AvgIpc) is 3.08. The molecule has 1 atom stereocenters. The van der Waals surface area contributed by atoms with Crippen molar-refractivity contribution in [2.45, 2.75) is 12.8 Å². The summed E-state index contributed by atoms with van der Waals surface area (Å²) in [5, 5.41) is 6.16. The number of ether oxygens (including phenoxy) is 2. The van der Waals surface area contributed by atoms with Gasteiger partial charge in [-0.1, -0.05) is 11.6 Å². The molecule has 0 aromatic heterocycles. The molecule has 3 aliphatic heterocycles. The Bertz CT molecular complexity index is 746. The number of nitrogens with one attached hydrogen (secondary N) is 2. The first kappa shape index (κ1) is 16.9. The van der Waals surface area contributed by atoms with Crippen LogP contribution in [0.1, 0.15) is 12.8 Å². The summed E-state index contributed by atoms with van der Waals surface area (Å²) in [7, 11) is 0. The highest BCUT2D eigenvalue weighted by Gasteiger charge is 2.37. The van der Waals surface area contributed by atoms with Crippen molar-refractivity contribution in [1.29, 1.82) is 0 Å². The van der Waals surface area contributed by atoms with E-state index < -0.39 is 5.92 Å². The predicted molar refractivity (Wildman–Crippen MR) is 96.5 cm³/mol. The Morgan fingerprint density at radius 1 is 1.27 bits per heavy atom. The van der Waals surface area contributed by atoms with Gasteiger partial charge in [-0.3, -0.25) is 9.59 Å². The SMILES string of the molecule is O=C(NCC1=CCNCC1)C1CCN(c2ccc3c(c2)OCCO3)C1=O. The van der Waals surface area contributed by atoms with Crippen molar-refractivity contribution < 1.29 is 19.1 Å². The van der Waals surface area contributed by atoms with Gasteiger partial charge in [-0.2, -0.15) is 0 Å². The van der Waals surface area contributed by atoms with Gasteiger partial charge >= 0.3 is 0 Å². The molecular formula is C19H23N3O4. The standard InChI is InChI=1S/C19H23N3O4/c23-18(21-12-13-3-6-20-7-4-13)15-5-8-22(19(15)24)14-1-2-16-17(11-14)26-10-9-25-16/h1-3,11,15,20H,4-10,12H2,(H,21,23). The quantitative estimate of drug-likeness (QED) is 0.617. The Morgan fingerprint density at radius 3 is 2.92 bits per heavy atom. The molecule has 2 N–H and O–H groups in total. The Hall–Kier alpha value is -2.54. The summed E-state index contributed by atoms with van der Waals surface area (Å²) in [6.07, 6.45) is 3.56. The predicted octanol–water partition coefficient (Wildman–Crippen LogP) is 0.847. The number of amides is 2. The van der Waals surface area contributed by atoms with Crippen LogP contribution in [0, 0.1) is 5.92 Å². The monoisotopic (exact) mass is 357 g/mol. The highest BCUT2D eigenvalue weighted by atomic mass is 16.6. The van der Waals surface area contributed by atoms with Gasteiger partial charge in [0.1, 0.15) is 19.1 Å². The minimum atomic E-state index is -0.620. The minimum Gasteiger partial charge on any atom is -0.486 e. The molecular weight excluding hydrogens is 334 g/mol. The zero-order valence-electron chi connectivity index (χ0n) is 14.6. The number of anilines is 1. The van der Waals surface area contributed by atoms with E-state index in [9.17, 15) is 9.59 Å². The normalized spacial score (nSPS) is 22.2. The summed E-state index contributed by atoms with van der Waals surface area (Å²) in [6.45, 7) is 3.86. The Balaban J connectivity index is 1.39. The molecule has 1 aromatic rings. The first-order valence-electron chi connectivity index (χ1n) is 9.10. The Morgan fingerprint density at radius 2 is 2.12 bits per heavy atom. The van der Waals surface area contributed by atoms with Crippen LogP contribution in [0.15, 0.2) is 29.8 Å². The molecule has 7 nitrogen and oxygen atoms in total. The second-order valence-electron chi connectivity index (χ2n) is 6.69. The second-order valence-corrected chi connectivity index (χ2v) is 6.69. The lowest BCUT2D eigenvalue weighted by molar-refractivity contribution is -0.132. The summed E-state index contributed by atoms with van der Waals surface area (Å²) >= 11 is 0. The maximum atomic E-state index is 12.7. The van der Waals surface area contributed by atoms with Gasteiger partial charge in [0.25, 0.3) is 0 Å². The fourth-order valence-electron chi connectivity index (χ4n) is 3.53. The van der Waals surface area contributed by atoms with E-state index in [-0.39, 0.29) is 11.8 Å². The summed E-state index contributed by atoms with van der Waals surface area (Å²) in [5.74, 6) is 0.377. The van der Waals surface area contributed by atoms with E-state index in [2.05, 4.69) is 16.7 Å². The van der Waals surface area contributed by atoms with Crippen molar-refractivity contribution in [3.05, 3.63) is 29.8 Å². The lowest BCUT2D eigenvalue weighted by Crippen LogP contribution is -2.38. The number of nitrogens with zero attached hydrogens (tertiary/aromatic N) is 1. The summed E-state index contributed by atoms with van der Waals surface area (Å²) in [6, 6.07) is 5.46. The van der Waals surface area contributed by atoms with Crippen molar-refractivity contribution in [2.24, 2.45) is 5.92 Å². The molecule has 0 spiro atoms. The molecule has 0 bridgehead atoms. The van der Waals surface area contributed by atoms with Gasteiger partial charge < -0.3 is 25.0 Å². The van der Waals surface area contributed by atoms with Gasteiger partial charge in [0.15, 0.2) is 11.5 Å². The van der Waals surface area contributed by atoms with E-state index in [0.717, 1.165) is 25.2 Å². The fraction of sp³-hybridized carbons (Fsp3) is 0.474. The van der Waals surface area contributed by atoms with Gasteiger partial charge in [0, 0.05) is 31.4 Å². The molecule has 3 aliphatic rings. The lowest BCUT2D eigenvalue weighted by atomic mass is 10.1. The average molecular weight is 357 g/mol. The Labute approximate surface area is 152 Å². The van der Waals surface area contributed by atoms with Gasteiger partial charge in [0.05, 0.1) is 0 Å². The molecule has 138 valence electrons. The largest absolute Gasteiger partial charge is 0.486 e. The van der Waals surface area contributed by atoms with Crippen molar-refractivity contribution in [3.8, 4) is 11.5 Å². The van der Waals surface area contributed by atoms with Crippen molar-refractivity contribution in [1.82, 2.24) is 10.6 Å². The summed E-state index contributed by atoms with van der Waals surface area (Å²) in [5.41, 5.74) is 1.96. The number of hydrogen-bond donors (Lipinski definition) is 2. The van der Waals surface area contributed by atoms with E-state index in [4.69, 9.17) is 9.47 Å². The molecule has 0 aliphatic carbocycles. The molecule has 1 saturated heterocycles. The summed E-state index contributed by atoms with van der Waals surface area (Å²) in [4.78, 5) is 26.9. The molecule has 1 unspecified atom stereocenters. The van der Waals surface area contributed by atoms with Crippen LogP contribution in [0.4, 0.5) is 5.69 Å². The first-order valence-corrected chi connectivity index (χ1v) is 9.10. The van der Waals surface area contributed by atoms with Crippen molar-refractivity contribution in [2.75, 3.05) is 44.3 Å². The second kappa shape index (κ2) is 7.37. The summed E-state index contributed by atoms with van der Waals surface area (Å²) < 4.78 is 11.1. The molecule has 7 heteroatoms. The maximum absolute atomic E-state index is 12.7. The van der Waals surface area contributed by atoms with E-state index in [1.807, 2.05) is 18.2 Å². The van der Waals surface area contributed by atoms with E-state index in [0.29, 0.717) is 44.2 Å². The number of hydrogen-bond acceptors (Lipinski definition) is 5. The fourth-order valence-corrected chi connectivity index (χ4v) is 3.53. The highest BCUT2D eigenvalue weighted by molar-refractivity contribution is 6.09. The molecule has 4 rings (SSSR count). The van der Waals surface area contributed by atoms with Crippen LogP contribution in [0.25, 0.3) is 0 Å². The van der Waals surface area contributed by atoms with Gasteiger partial charge in [-0.15, -0.1) is 0 Å². The Kier molecular flexibility index (Phi) is 4.79. The van der Waals surface area contributed by atoms with Crippen molar-refractivity contribution >= 4 is 17.5 Å².